The van der Waals surface area contributed by atoms with Crippen molar-refractivity contribution in [3.63, 3.8) is 0 Å². The molecule has 0 radical (unpaired) electrons. The fourth-order valence-electron chi connectivity index (χ4n) is 3.18. The van der Waals surface area contributed by atoms with Crippen molar-refractivity contribution in [3.05, 3.63) is 29.8 Å². The van der Waals surface area contributed by atoms with E-state index in [4.69, 9.17) is 0 Å². The molecule has 0 saturated carbocycles. The summed E-state index contributed by atoms with van der Waals surface area (Å²) in [6.07, 6.45) is 2.24. The highest BCUT2D eigenvalue weighted by atomic mass is 127. The molecule has 166 valence electrons. The van der Waals surface area contributed by atoms with Gasteiger partial charge in [-0.25, -0.2) is 4.99 Å². The number of para-hydroxylation sites is 1. The molecule has 1 aromatic carbocycles. The lowest BCUT2D eigenvalue weighted by molar-refractivity contribution is -0.0504. The SMILES string of the molecule is CCNC(=NCc1ccccc1OC(F)F)NCCCN1CCCN(C)CC1.I. The average Bonchev–Trinajstić information content (AvgIpc) is 2.88. The third-order valence-electron chi connectivity index (χ3n) is 4.70. The smallest absolute Gasteiger partial charge is 0.387 e. The van der Waals surface area contributed by atoms with Gasteiger partial charge in [0.15, 0.2) is 5.96 Å². The van der Waals surface area contributed by atoms with Crippen molar-refractivity contribution in [3.8, 4) is 5.75 Å². The first-order valence-electron chi connectivity index (χ1n) is 10.0. The van der Waals surface area contributed by atoms with Crippen LogP contribution in [-0.4, -0.2) is 75.2 Å². The summed E-state index contributed by atoms with van der Waals surface area (Å²) in [5, 5.41) is 6.52. The average molecular weight is 525 g/mol. The van der Waals surface area contributed by atoms with Crippen molar-refractivity contribution >= 4 is 29.9 Å². The molecule has 2 rings (SSSR count). The maximum Gasteiger partial charge on any atom is 0.387 e. The minimum atomic E-state index is -2.84. The van der Waals surface area contributed by atoms with Gasteiger partial charge in [-0.2, -0.15) is 8.78 Å². The Morgan fingerprint density at radius 1 is 1.17 bits per heavy atom. The highest BCUT2D eigenvalue weighted by Gasteiger charge is 2.11. The number of alkyl halides is 2. The van der Waals surface area contributed by atoms with Gasteiger partial charge in [0, 0.05) is 31.7 Å². The Morgan fingerprint density at radius 3 is 2.72 bits per heavy atom. The molecule has 1 fully saturated rings. The number of hydrogen-bond acceptors (Lipinski definition) is 4. The van der Waals surface area contributed by atoms with Crippen LogP contribution in [0.15, 0.2) is 29.3 Å². The number of ether oxygens (including phenoxy) is 1. The van der Waals surface area contributed by atoms with Crippen LogP contribution in [0, 0.1) is 0 Å². The van der Waals surface area contributed by atoms with Gasteiger partial charge in [0.05, 0.1) is 6.54 Å². The molecule has 1 aromatic rings. The molecule has 1 saturated heterocycles. The van der Waals surface area contributed by atoms with Gasteiger partial charge in [-0.3, -0.25) is 0 Å². The molecule has 6 nitrogen and oxygen atoms in total. The predicted molar refractivity (Wildman–Crippen MR) is 124 cm³/mol. The second-order valence-corrected chi connectivity index (χ2v) is 6.96. The van der Waals surface area contributed by atoms with Gasteiger partial charge in [-0.1, -0.05) is 18.2 Å². The standard InChI is InChI=1S/C20H33F2N5O.HI/c1-3-23-20(24-10-6-12-27-13-7-11-26(2)14-15-27)25-16-17-8-4-5-9-18(17)28-19(21)22;/h4-5,8-9,19H,3,6-7,10-16H2,1-2H3,(H2,23,24,25);1H. The van der Waals surface area contributed by atoms with E-state index in [1.165, 1.54) is 19.0 Å². The number of aliphatic imine (C=N–C) groups is 1. The van der Waals surface area contributed by atoms with Crippen molar-refractivity contribution in [2.75, 3.05) is 52.9 Å². The van der Waals surface area contributed by atoms with Gasteiger partial charge in [0.25, 0.3) is 0 Å². The number of hydrogen-bond donors (Lipinski definition) is 2. The Morgan fingerprint density at radius 2 is 1.97 bits per heavy atom. The van der Waals surface area contributed by atoms with Crippen LogP contribution in [0.3, 0.4) is 0 Å². The molecule has 1 aliphatic rings. The monoisotopic (exact) mass is 525 g/mol. The summed E-state index contributed by atoms with van der Waals surface area (Å²) >= 11 is 0. The summed E-state index contributed by atoms with van der Waals surface area (Å²) in [4.78, 5) is 9.40. The van der Waals surface area contributed by atoms with Crippen LogP contribution in [0.5, 0.6) is 5.75 Å². The molecule has 2 N–H and O–H groups in total. The van der Waals surface area contributed by atoms with Gasteiger partial charge in [-0.05, 0) is 52.5 Å². The van der Waals surface area contributed by atoms with Gasteiger partial charge < -0.3 is 25.2 Å². The number of guanidine groups is 1. The molecule has 0 aliphatic carbocycles. The Kier molecular flexibility index (Phi) is 13.1. The van der Waals surface area contributed by atoms with Gasteiger partial charge in [0.1, 0.15) is 5.75 Å². The normalized spacial score (nSPS) is 16.2. The van der Waals surface area contributed by atoms with E-state index in [1.807, 2.05) is 6.92 Å². The molecule has 1 aliphatic heterocycles. The summed E-state index contributed by atoms with van der Waals surface area (Å²) in [5.41, 5.74) is 0.633. The molecule has 0 unspecified atom stereocenters. The van der Waals surface area contributed by atoms with E-state index in [0.717, 1.165) is 45.7 Å². The number of benzene rings is 1. The van der Waals surface area contributed by atoms with Crippen LogP contribution in [0.25, 0.3) is 0 Å². The van der Waals surface area contributed by atoms with Crippen LogP contribution in [0.1, 0.15) is 25.3 Å². The van der Waals surface area contributed by atoms with E-state index in [9.17, 15) is 8.78 Å². The summed E-state index contributed by atoms with van der Waals surface area (Å²) in [6.45, 7) is 6.61. The van der Waals surface area contributed by atoms with Crippen LogP contribution in [-0.2, 0) is 6.54 Å². The minimum Gasteiger partial charge on any atom is -0.434 e. The minimum absolute atomic E-state index is 0. The third kappa shape index (κ3) is 10.4. The van der Waals surface area contributed by atoms with Crippen molar-refractivity contribution in [2.24, 2.45) is 4.99 Å². The summed E-state index contributed by atoms with van der Waals surface area (Å²) in [5.74, 6) is 0.855. The number of rotatable bonds is 9. The van der Waals surface area contributed by atoms with E-state index < -0.39 is 6.61 Å². The predicted octanol–water partition coefficient (Wildman–Crippen LogP) is 2.99. The lowest BCUT2D eigenvalue weighted by atomic mass is 10.2. The van der Waals surface area contributed by atoms with Crippen molar-refractivity contribution in [2.45, 2.75) is 32.9 Å². The first kappa shape index (κ1) is 25.8. The van der Waals surface area contributed by atoms with Crippen LogP contribution >= 0.6 is 24.0 Å². The lowest BCUT2D eigenvalue weighted by Gasteiger charge is -2.20. The summed E-state index contributed by atoms with van der Waals surface area (Å²) < 4.78 is 29.6. The van der Waals surface area contributed by atoms with E-state index in [1.54, 1.807) is 18.2 Å². The zero-order valence-corrected chi connectivity index (χ0v) is 19.7. The second-order valence-electron chi connectivity index (χ2n) is 6.96. The topological polar surface area (TPSA) is 52.1 Å². The third-order valence-corrected chi connectivity index (χ3v) is 4.70. The first-order chi connectivity index (χ1) is 13.6. The van der Waals surface area contributed by atoms with E-state index in [2.05, 4.69) is 37.2 Å². The molecule has 29 heavy (non-hydrogen) atoms. The van der Waals surface area contributed by atoms with Crippen LogP contribution in [0.4, 0.5) is 8.78 Å². The maximum atomic E-state index is 12.5. The Hall–Kier alpha value is -1.20. The van der Waals surface area contributed by atoms with Crippen molar-refractivity contribution < 1.29 is 13.5 Å². The molecule has 0 spiro atoms. The van der Waals surface area contributed by atoms with Gasteiger partial charge in [-0.15, -0.1) is 24.0 Å². The van der Waals surface area contributed by atoms with Crippen LogP contribution in [0.2, 0.25) is 0 Å². The molecule has 1 heterocycles. The van der Waals surface area contributed by atoms with Crippen LogP contribution < -0.4 is 15.4 Å². The second kappa shape index (κ2) is 14.7. The molecule has 0 bridgehead atoms. The van der Waals surface area contributed by atoms with Gasteiger partial charge >= 0.3 is 6.61 Å². The highest BCUT2D eigenvalue weighted by molar-refractivity contribution is 14.0. The molecular weight excluding hydrogens is 491 g/mol. The fraction of sp³-hybridized carbons (Fsp3) is 0.650. The van der Waals surface area contributed by atoms with Gasteiger partial charge in [0.2, 0.25) is 0 Å². The Balaban J connectivity index is 0.00000420. The highest BCUT2D eigenvalue weighted by Crippen LogP contribution is 2.20. The molecule has 9 heteroatoms. The van der Waals surface area contributed by atoms with E-state index >= 15 is 0 Å². The summed E-state index contributed by atoms with van der Waals surface area (Å²) in [6, 6.07) is 6.76. The lowest BCUT2D eigenvalue weighted by Crippen LogP contribution is -2.39. The maximum absolute atomic E-state index is 12.5. The number of likely N-dealkylation sites (N-methyl/N-ethyl adjacent to an activating group) is 1. The number of nitrogens with one attached hydrogen (secondary N) is 2. The Labute approximate surface area is 190 Å². The zero-order valence-electron chi connectivity index (χ0n) is 17.4. The zero-order chi connectivity index (χ0) is 20.2. The van der Waals surface area contributed by atoms with E-state index in [0.29, 0.717) is 11.5 Å². The summed E-state index contributed by atoms with van der Waals surface area (Å²) in [7, 11) is 2.18. The quantitative estimate of drug-likeness (QED) is 0.225. The van der Waals surface area contributed by atoms with Crippen molar-refractivity contribution in [1.82, 2.24) is 20.4 Å². The van der Waals surface area contributed by atoms with E-state index in [-0.39, 0.29) is 36.3 Å². The molecule has 0 atom stereocenters. The number of nitrogens with zero attached hydrogens (tertiary/aromatic N) is 3. The molecule has 0 aromatic heterocycles. The number of halogens is 3. The van der Waals surface area contributed by atoms with Crippen molar-refractivity contribution in [1.29, 1.82) is 0 Å². The molecule has 0 amide bonds. The molecular formula is C20H34F2IN5O. The first-order valence-corrected chi connectivity index (χ1v) is 10.0. The fourth-order valence-corrected chi connectivity index (χ4v) is 3.18. The Bertz CT molecular complexity index is 606. The largest absolute Gasteiger partial charge is 0.434 e.